The summed E-state index contributed by atoms with van der Waals surface area (Å²) in [4.78, 5) is 51.3. The van der Waals surface area contributed by atoms with E-state index in [1.807, 2.05) is 55.5 Å². The number of aryl methyl sites for hydroxylation is 1. The number of para-hydroxylation sites is 2. The molecule has 0 bridgehead atoms. The van der Waals surface area contributed by atoms with Crippen LogP contribution in [0.3, 0.4) is 0 Å². The summed E-state index contributed by atoms with van der Waals surface area (Å²) in [5, 5.41) is 8.49. The number of imide groups is 1. The number of urea groups is 1. The SMILES string of the molecule is Cc1ccc(NC(=O)Cn2cc(/C=C3/NC(=O)N(CC(=O)Nc4ccccc4F)C3=O)c3ccccc32)cc1. The summed E-state index contributed by atoms with van der Waals surface area (Å²) in [5.41, 5.74) is 3.06. The molecule has 39 heavy (non-hydrogen) atoms. The Balaban J connectivity index is 1.33. The lowest BCUT2D eigenvalue weighted by Gasteiger charge is -2.12. The third-order valence-corrected chi connectivity index (χ3v) is 6.18. The maximum atomic E-state index is 13.8. The Morgan fingerprint density at radius 2 is 1.59 bits per heavy atom. The number of nitrogens with one attached hydrogen (secondary N) is 3. The van der Waals surface area contributed by atoms with Gasteiger partial charge in [0.1, 0.15) is 24.6 Å². The molecule has 2 heterocycles. The van der Waals surface area contributed by atoms with E-state index in [1.165, 1.54) is 24.3 Å². The molecule has 3 aromatic carbocycles. The zero-order chi connectivity index (χ0) is 27.5. The van der Waals surface area contributed by atoms with Gasteiger partial charge in [-0.1, -0.05) is 48.0 Å². The Bertz CT molecular complexity index is 1640. The summed E-state index contributed by atoms with van der Waals surface area (Å²) < 4.78 is 15.6. The van der Waals surface area contributed by atoms with Gasteiger partial charge in [-0.3, -0.25) is 14.4 Å². The summed E-state index contributed by atoms with van der Waals surface area (Å²) in [6, 6.07) is 19.7. The minimum absolute atomic E-state index is 0.0225. The number of halogens is 1. The van der Waals surface area contributed by atoms with Crippen molar-refractivity contribution in [1.82, 2.24) is 14.8 Å². The Labute approximate surface area is 222 Å². The summed E-state index contributed by atoms with van der Waals surface area (Å²) in [5.74, 6) is -2.28. The number of hydrogen-bond acceptors (Lipinski definition) is 4. The molecular weight excluding hydrogens is 501 g/mol. The maximum absolute atomic E-state index is 13.8. The van der Waals surface area contributed by atoms with Crippen LogP contribution in [0.4, 0.5) is 20.6 Å². The first kappa shape index (κ1) is 25.4. The molecule has 1 aliphatic heterocycles. The summed E-state index contributed by atoms with van der Waals surface area (Å²) >= 11 is 0. The topological polar surface area (TPSA) is 113 Å². The Hall–Kier alpha value is -5.25. The number of carbonyl (C=O) groups excluding carboxylic acids is 4. The molecule has 0 radical (unpaired) electrons. The fourth-order valence-corrected chi connectivity index (χ4v) is 4.28. The van der Waals surface area contributed by atoms with Crippen LogP contribution in [0.15, 0.2) is 84.7 Å². The quantitative estimate of drug-likeness (QED) is 0.247. The molecule has 4 aromatic rings. The predicted octanol–water partition coefficient (Wildman–Crippen LogP) is 4.26. The van der Waals surface area contributed by atoms with E-state index in [2.05, 4.69) is 16.0 Å². The van der Waals surface area contributed by atoms with Crippen molar-refractivity contribution < 1.29 is 23.6 Å². The molecule has 0 atom stereocenters. The van der Waals surface area contributed by atoms with Gasteiger partial charge in [0.25, 0.3) is 5.91 Å². The first-order valence-electron chi connectivity index (χ1n) is 12.1. The summed E-state index contributed by atoms with van der Waals surface area (Å²) in [6.07, 6.45) is 3.23. The standard InChI is InChI=1S/C29H24FN5O4/c1-18-10-12-20(13-11-18)31-26(36)16-34-15-19(21-6-2-5-9-25(21)34)14-24-28(38)35(29(39)33-24)17-27(37)32-23-8-4-3-7-22(23)30/h2-15H,16-17H2,1H3,(H,31,36)(H,32,37)(H,33,39)/b24-14+. The van der Waals surface area contributed by atoms with Crippen LogP contribution in [0.1, 0.15) is 11.1 Å². The number of nitrogens with zero attached hydrogens (tertiary/aromatic N) is 2. The van der Waals surface area contributed by atoms with Crippen LogP contribution in [0.2, 0.25) is 0 Å². The molecule has 0 unspecified atom stereocenters. The van der Waals surface area contributed by atoms with Crippen molar-refractivity contribution in [3.05, 3.63) is 102 Å². The average molecular weight is 526 g/mol. The number of aromatic nitrogens is 1. The van der Waals surface area contributed by atoms with E-state index in [4.69, 9.17) is 0 Å². The second-order valence-corrected chi connectivity index (χ2v) is 9.05. The van der Waals surface area contributed by atoms with Crippen molar-refractivity contribution in [3.63, 3.8) is 0 Å². The first-order chi connectivity index (χ1) is 18.8. The van der Waals surface area contributed by atoms with Gasteiger partial charge in [-0.25, -0.2) is 14.1 Å². The predicted molar refractivity (Wildman–Crippen MR) is 145 cm³/mol. The lowest BCUT2D eigenvalue weighted by atomic mass is 10.1. The van der Waals surface area contributed by atoms with E-state index >= 15 is 0 Å². The van der Waals surface area contributed by atoms with Crippen molar-refractivity contribution >= 4 is 52.1 Å². The second-order valence-electron chi connectivity index (χ2n) is 9.05. The highest BCUT2D eigenvalue weighted by Crippen LogP contribution is 2.25. The number of benzene rings is 3. The molecule has 0 spiro atoms. The minimum atomic E-state index is -0.767. The first-order valence-corrected chi connectivity index (χ1v) is 12.1. The number of anilines is 2. The van der Waals surface area contributed by atoms with E-state index in [9.17, 15) is 23.6 Å². The molecule has 1 saturated heterocycles. The molecule has 0 saturated carbocycles. The van der Waals surface area contributed by atoms with Gasteiger partial charge in [0.05, 0.1) is 5.69 Å². The van der Waals surface area contributed by atoms with Gasteiger partial charge in [-0.15, -0.1) is 0 Å². The average Bonchev–Trinajstić information content (AvgIpc) is 3.38. The maximum Gasteiger partial charge on any atom is 0.329 e. The largest absolute Gasteiger partial charge is 0.337 e. The molecule has 3 N–H and O–H groups in total. The third-order valence-electron chi connectivity index (χ3n) is 6.18. The fraction of sp³-hybridized carbons (Fsp3) is 0.103. The van der Waals surface area contributed by atoms with Gasteiger partial charge in [-0.05, 0) is 43.3 Å². The van der Waals surface area contributed by atoms with Gasteiger partial charge >= 0.3 is 6.03 Å². The van der Waals surface area contributed by atoms with Gasteiger partial charge in [0.2, 0.25) is 11.8 Å². The number of carbonyl (C=O) groups is 4. The van der Waals surface area contributed by atoms with Gasteiger partial charge in [0.15, 0.2) is 0 Å². The van der Waals surface area contributed by atoms with Gasteiger partial charge in [0, 0.05) is 28.4 Å². The van der Waals surface area contributed by atoms with Crippen LogP contribution < -0.4 is 16.0 Å². The van der Waals surface area contributed by atoms with Crippen LogP contribution in [0.25, 0.3) is 17.0 Å². The van der Waals surface area contributed by atoms with Crippen molar-refractivity contribution in [1.29, 1.82) is 0 Å². The van der Waals surface area contributed by atoms with Crippen molar-refractivity contribution in [2.45, 2.75) is 13.5 Å². The normalized spacial score (nSPS) is 14.1. The molecule has 5 amide bonds. The number of rotatable bonds is 7. The lowest BCUT2D eigenvalue weighted by Crippen LogP contribution is -2.38. The van der Waals surface area contributed by atoms with Crippen LogP contribution in [0.5, 0.6) is 0 Å². The van der Waals surface area contributed by atoms with Crippen LogP contribution >= 0.6 is 0 Å². The fourth-order valence-electron chi connectivity index (χ4n) is 4.28. The molecular formula is C29H24FN5O4. The second kappa shape index (κ2) is 10.6. The highest BCUT2D eigenvalue weighted by atomic mass is 19.1. The molecule has 10 heteroatoms. The highest BCUT2D eigenvalue weighted by Gasteiger charge is 2.35. The lowest BCUT2D eigenvalue weighted by molar-refractivity contribution is -0.127. The zero-order valence-electron chi connectivity index (χ0n) is 20.9. The van der Waals surface area contributed by atoms with Crippen molar-refractivity contribution in [2.75, 3.05) is 17.2 Å². The van der Waals surface area contributed by atoms with Crippen molar-refractivity contribution in [3.8, 4) is 0 Å². The Morgan fingerprint density at radius 3 is 2.36 bits per heavy atom. The van der Waals surface area contributed by atoms with Crippen molar-refractivity contribution in [2.24, 2.45) is 0 Å². The van der Waals surface area contributed by atoms with E-state index in [-0.39, 0.29) is 23.8 Å². The van der Waals surface area contributed by atoms with Gasteiger partial charge in [-0.2, -0.15) is 0 Å². The zero-order valence-corrected chi connectivity index (χ0v) is 20.9. The number of amides is 5. The van der Waals surface area contributed by atoms with Crippen LogP contribution in [-0.2, 0) is 20.9 Å². The van der Waals surface area contributed by atoms with E-state index in [1.54, 1.807) is 16.8 Å². The Kier molecular flexibility index (Phi) is 6.92. The van der Waals surface area contributed by atoms with Gasteiger partial charge < -0.3 is 20.5 Å². The van der Waals surface area contributed by atoms with Crippen LogP contribution in [0, 0.1) is 12.7 Å². The molecule has 1 aromatic heterocycles. The number of hydrogen-bond donors (Lipinski definition) is 3. The minimum Gasteiger partial charge on any atom is -0.337 e. The Morgan fingerprint density at radius 1 is 0.897 bits per heavy atom. The smallest absolute Gasteiger partial charge is 0.329 e. The van der Waals surface area contributed by atoms with E-state index < -0.39 is 30.2 Å². The molecule has 1 fully saturated rings. The summed E-state index contributed by atoms with van der Waals surface area (Å²) in [7, 11) is 0. The van der Waals surface area contributed by atoms with Crippen LogP contribution in [-0.4, -0.2) is 39.8 Å². The molecule has 196 valence electrons. The highest BCUT2D eigenvalue weighted by molar-refractivity contribution is 6.16. The number of fused-ring (bicyclic) bond motifs is 1. The summed E-state index contributed by atoms with van der Waals surface area (Å²) in [6.45, 7) is 1.41. The van der Waals surface area contributed by atoms with E-state index in [0.717, 1.165) is 21.4 Å². The molecule has 5 rings (SSSR count). The molecule has 0 aliphatic carbocycles. The molecule has 9 nitrogen and oxygen atoms in total. The van der Waals surface area contributed by atoms with E-state index in [0.29, 0.717) is 11.3 Å². The monoisotopic (exact) mass is 525 g/mol. The third kappa shape index (κ3) is 5.54. The molecule has 1 aliphatic rings.